The van der Waals surface area contributed by atoms with Crippen LogP contribution in [0.25, 0.3) is 11.4 Å². The maximum absolute atomic E-state index is 5.93. The third-order valence-corrected chi connectivity index (χ3v) is 3.49. The van der Waals surface area contributed by atoms with Gasteiger partial charge in [-0.3, -0.25) is 0 Å². The lowest BCUT2D eigenvalue weighted by Gasteiger charge is -2.04. The third-order valence-electron chi connectivity index (χ3n) is 2.07. The summed E-state index contributed by atoms with van der Waals surface area (Å²) in [7, 11) is 0. The van der Waals surface area contributed by atoms with Crippen molar-refractivity contribution in [1.29, 1.82) is 0 Å². The molecule has 1 aromatic heterocycles. The number of aromatic amines is 1. The van der Waals surface area contributed by atoms with Gasteiger partial charge in [-0.15, -0.1) is 0 Å². The van der Waals surface area contributed by atoms with E-state index in [1.807, 2.05) is 31.2 Å². The zero-order valence-corrected chi connectivity index (χ0v) is 11.6. The fraction of sp³-hybridized carbons (Fsp3) is 0.0909. The van der Waals surface area contributed by atoms with Gasteiger partial charge in [-0.25, -0.2) is 4.98 Å². The van der Waals surface area contributed by atoms with E-state index in [0.29, 0.717) is 9.66 Å². The predicted octanol–water partition coefficient (Wildman–Crippen LogP) is 4.53. The second kappa shape index (κ2) is 4.65. The van der Waals surface area contributed by atoms with E-state index in [-0.39, 0.29) is 0 Å². The first kappa shape index (κ1) is 11.8. The van der Waals surface area contributed by atoms with Crippen LogP contribution in [0, 0.1) is 11.6 Å². The molecule has 0 unspecified atom stereocenters. The standard InChI is InChI=1S/C11H8BrClN2S/c1-6-4-10(16)15-11(14-6)7-2-3-9(13)8(12)5-7/h2-5H,1H3,(H,14,15,16). The lowest BCUT2D eigenvalue weighted by atomic mass is 10.2. The van der Waals surface area contributed by atoms with E-state index in [4.69, 9.17) is 23.8 Å². The highest BCUT2D eigenvalue weighted by atomic mass is 79.9. The van der Waals surface area contributed by atoms with Crippen molar-refractivity contribution in [1.82, 2.24) is 9.97 Å². The van der Waals surface area contributed by atoms with Crippen LogP contribution in [0.15, 0.2) is 28.7 Å². The number of nitrogens with one attached hydrogen (secondary N) is 1. The van der Waals surface area contributed by atoms with E-state index in [9.17, 15) is 0 Å². The fourth-order valence-electron chi connectivity index (χ4n) is 1.36. The molecule has 1 N–H and O–H groups in total. The van der Waals surface area contributed by atoms with Crippen molar-refractivity contribution in [3.63, 3.8) is 0 Å². The number of nitrogens with zero attached hydrogens (tertiary/aromatic N) is 1. The molecule has 0 saturated heterocycles. The molecule has 0 radical (unpaired) electrons. The second-order valence-electron chi connectivity index (χ2n) is 3.38. The van der Waals surface area contributed by atoms with Crippen molar-refractivity contribution in [2.24, 2.45) is 0 Å². The van der Waals surface area contributed by atoms with Crippen LogP contribution in [0.3, 0.4) is 0 Å². The maximum atomic E-state index is 5.93. The first-order valence-corrected chi connectivity index (χ1v) is 6.17. The van der Waals surface area contributed by atoms with Gasteiger partial charge in [-0.05, 0) is 47.1 Å². The first-order chi connectivity index (χ1) is 7.56. The maximum Gasteiger partial charge on any atom is 0.139 e. The molecule has 1 heterocycles. The van der Waals surface area contributed by atoms with E-state index >= 15 is 0 Å². The molecule has 5 heteroatoms. The lowest BCUT2D eigenvalue weighted by molar-refractivity contribution is 1.10. The average Bonchev–Trinajstić information content (AvgIpc) is 2.20. The van der Waals surface area contributed by atoms with Crippen molar-refractivity contribution in [2.45, 2.75) is 6.92 Å². The van der Waals surface area contributed by atoms with Crippen LogP contribution in [-0.2, 0) is 0 Å². The number of hydrogen-bond donors (Lipinski definition) is 1. The van der Waals surface area contributed by atoms with Crippen molar-refractivity contribution >= 4 is 39.7 Å². The van der Waals surface area contributed by atoms with Crippen LogP contribution in [0.1, 0.15) is 5.69 Å². The molecule has 0 spiro atoms. The van der Waals surface area contributed by atoms with Gasteiger partial charge < -0.3 is 4.98 Å². The van der Waals surface area contributed by atoms with Crippen LogP contribution in [0.5, 0.6) is 0 Å². The molecule has 16 heavy (non-hydrogen) atoms. The monoisotopic (exact) mass is 314 g/mol. The van der Waals surface area contributed by atoms with Crippen LogP contribution in [0.2, 0.25) is 5.02 Å². The summed E-state index contributed by atoms with van der Waals surface area (Å²) in [4.78, 5) is 7.44. The van der Waals surface area contributed by atoms with Gasteiger partial charge in [-0.1, -0.05) is 23.8 Å². The van der Waals surface area contributed by atoms with Crippen LogP contribution >= 0.6 is 39.7 Å². The molecule has 82 valence electrons. The van der Waals surface area contributed by atoms with Crippen molar-refractivity contribution in [2.75, 3.05) is 0 Å². The SMILES string of the molecule is Cc1cc(=S)nc(-c2ccc(Cl)c(Br)c2)[nH]1. The lowest BCUT2D eigenvalue weighted by Crippen LogP contribution is -1.92. The van der Waals surface area contributed by atoms with Crippen molar-refractivity contribution in [3.05, 3.63) is 44.1 Å². The normalized spacial score (nSPS) is 10.4. The highest BCUT2D eigenvalue weighted by Gasteiger charge is 2.03. The van der Waals surface area contributed by atoms with Gasteiger partial charge in [0.1, 0.15) is 10.5 Å². The van der Waals surface area contributed by atoms with Gasteiger partial charge in [0.05, 0.1) is 5.02 Å². The summed E-state index contributed by atoms with van der Waals surface area (Å²) in [6.07, 6.45) is 0. The molecule has 2 nitrogen and oxygen atoms in total. The molecule has 0 fully saturated rings. The van der Waals surface area contributed by atoms with Gasteiger partial charge in [0, 0.05) is 15.7 Å². The Bertz CT molecular complexity index is 595. The van der Waals surface area contributed by atoms with Gasteiger partial charge in [-0.2, -0.15) is 0 Å². The highest BCUT2D eigenvalue weighted by molar-refractivity contribution is 9.10. The molecular formula is C11H8BrClN2S. The molecule has 0 aliphatic rings. The number of benzene rings is 1. The molecule has 2 aromatic rings. The molecule has 0 amide bonds. The summed E-state index contributed by atoms with van der Waals surface area (Å²) < 4.78 is 1.42. The van der Waals surface area contributed by atoms with Crippen molar-refractivity contribution in [3.8, 4) is 11.4 Å². The number of aromatic nitrogens is 2. The molecule has 0 aliphatic carbocycles. The van der Waals surface area contributed by atoms with E-state index in [0.717, 1.165) is 21.6 Å². The number of H-pyrrole nitrogens is 1. The van der Waals surface area contributed by atoms with Crippen LogP contribution in [-0.4, -0.2) is 9.97 Å². The van der Waals surface area contributed by atoms with Gasteiger partial charge >= 0.3 is 0 Å². The third kappa shape index (κ3) is 2.51. The Kier molecular flexibility index (Phi) is 3.42. The fourth-order valence-corrected chi connectivity index (χ4v) is 2.12. The van der Waals surface area contributed by atoms with E-state index in [2.05, 4.69) is 25.9 Å². The topological polar surface area (TPSA) is 28.7 Å². The molecular weight excluding hydrogens is 308 g/mol. The summed E-state index contributed by atoms with van der Waals surface area (Å²) >= 11 is 14.4. The van der Waals surface area contributed by atoms with Gasteiger partial charge in [0.15, 0.2) is 0 Å². The number of rotatable bonds is 1. The Morgan fingerprint density at radius 3 is 2.75 bits per heavy atom. The minimum Gasteiger partial charge on any atom is -0.343 e. The predicted molar refractivity (Wildman–Crippen MR) is 72.3 cm³/mol. The number of halogens is 2. The summed E-state index contributed by atoms with van der Waals surface area (Å²) in [5.74, 6) is 0.752. The minimum atomic E-state index is 0.581. The van der Waals surface area contributed by atoms with Crippen LogP contribution < -0.4 is 0 Å². The molecule has 0 aliphatic heterocycles. The van der Waals surface area contributed by atoms with Gasteiger partial charge in [0.25, 0.3) is 0 Å². The zero-order valence-electron chi connectivity index (χ0n) is 8.42. The molecule has 1 aromatic carbocycles. The number of aryl methyl sites for hydroxylation is 1. The summed E-state index contributed by atoms with van der Waals surface area (Å²) in [5, 5.41) is 0.676. The molecule has 0 bridgehead atoms. The van der Waals surface area contributed by atoms with Crippen molar-refractivity contribution < 1.29 is 0 Å². The quantitative estimate of drug-likeness (QED) is 0.783. The largest absolute Gasteiger partial charge is 0.343 e. The summed E-state index contributed by atoms with van der Waals surface area (Å²) in [6, 6.07) is 7.46. The Labute approximate surface area is 112 Å². The molecule has 0 saturated carbocycles. The average molecular weight is 316 g/mol. The minimum absolute atomic E-state index is 0.581. The van der Waals surface area contributed by atoms with Gasteiger partial charge in [0.2, 0.25) is 0 Å². The van der Waals surface area contributed by atoms with E-state index in [1.165, 1.54) is 0 Å². The zero-order chi connectivity index (χ0) is 11.7. The van der Waals surface area contributed by atoms with Crippen LogP contribution in [0.4, 0.5) is 0 Å². The second-order valence-corrected chi connectivity index (χ2v) is 5.06. The Morgan fingerprint density at radius 1 is 1.38 bits per heavy atom. The summed E-state index contributed by atoms with van der Waals surface area (Å²) in [6.45, 7) is 1.95. The molecule has 2 rings (SSSR count). The first-order valence-electron chi connectivity index (χ1n) is 4.59. The molecule has 0 atom stereocenters. The smallest absolute Gasteiger partial charge is 0.139 e. The summed E-state index contributed by atoms with van der Waals surface area (Å²) in [5.41, 5.74) is 1.94. The Balaban J connectivity index is 2.58. The number of hydrogen-bond acceptors (Lipinski definition) is 2. The van der Waals surface area contributed by atoms with E-state index in [1.54, 1.807) is 0 Å². The highest BCUT2D eigenvalue weighted by Crippen LogP contribution is 2.27. The Hall–Kier alpha value is -0.710. The Morgan fingerprint density at radius 2 is 2.12 bits per heavy atom. The van der Waals surface area contributed by atoms with E-state index < -0.39 is 0 Å².